The lowest BCUT2D eigenvalue weighted by Crippen LogP contribution is -2.14. The lowest BCUT2D eigenvalue weighted by atomic mass is 10.3. The van der Waals surface area contributed by atoms with Gasteiger partial charge in [0.15, 0.2) is 5.82 Å². The first-order chi connectivity index (χ1) is 14.5. The summed E-state index contributed by atoms with van der Waals surface area (Å²) in [6, 6.07) is 13.7. The Kier molecular flexibility index (Phi) is 5.86. The number of amides is 1. The smallest absolute Gasteiger partial charge is 0.225 e. The molecule has 0 saturated heterocycles. The van der Waals surface area contributed by atoms with E-state index in [2.05, 4.69) is 20.6 Å². The normalized spacial score (nSPS) is 11.0. The molecular weight excluding hydrogens is 418 g/mol. The van der Waals surface area contributed by atoms with Gasteiger partial charge in [0.25, 0.3) is 0 Å². The first-order valence-electron chi connectivity index (χ1n) is 9.33. The predicted octanol–water partition coefficient (Wildman–Crippen LogP) is 3.64. The number of nitrogens with one attached hydrogen (secondary N) is 1. The molecule has 3 heterocycles. The van der Waals surface area contributed by atoms with Crippen molar-refractivity contribution in [1.29, 1.82) is 0 Å². The molecule has 0 bridgehead atoms. The van der Waals surface area contributed by atoms with Crippen molar-refractivity contribution in [3.63, 3.8) is 0 Å². The van der Waals surface area contributed by atoms with E-state index in [1.165, 1.54) is 16.4 Å². The Hall–Kier alpha value is -3.11. The molecule has 0 aliphatic heterocycles. The van der Waals surface area contributed by atoms with E-state index in [9.17, 15) is 4.79 Å². The van der Waals surface area contributed by atoms with E-state index < -0.39 is 0 Å². The second-order valence-corrected chi connectivity index (χ2v) is 8.60. The molecule has 0 fully saturated rings. The van der Waals surface area contributed by atoms with Crippen LogP contribution in [0.3, 0.4) is 0 Å². The van der Waals surface area contributed by atoms with Gasteiger partial charge in [-0.25, -0.2) is 9.36 Å². The number of thiophene rings is 1. The second-order valence-electron chi connectivity index (χ2n) is 6.59. The number of anilines is 1. The molecule has 1 aromatic carbocycles. The van der Waals surface area contributed by atoms with Gasteiger partial charge in [-0.05, 0) is 37.4 Å². The third-order valence-corrected chi connectivity index (χ3v) is 6.33. The maximum Gasteiger partial charge on any atom is 0.225 e. The molecule has 0 atom stereocenters. The van der Waals surface area contributed by atoms with Crippen molar-refractivity contribution in [2.24, 2.45) is 0 Å². The highest BCUT2D eigenvalue weighted by Crippen LogP contribution is 2.26. The van der Waals surface area contributed by atoms with Crippen molar-refractivity contribution in [3.8, 4) is 16.4 Å². The van der Waals surface area contributed by atoms with Gasteiger partial charge in [0.05, 0.1) is 27.6 Å². The van der Waals surface area contributed by atoms with Crippen LogP contribution in [0.25, 0.3) is 16.4 Å². The van der Waals surface area contributed by atoms with Gasteiger partial charge < -0.3 is 11.2 Å². The number of para-hydroxylation sites is 1. The van der Waals surface area contributed by atoms with Crippen molar-refractivity contribution < 1.29 is 4.79 Å². The molecule has 154 valence electrons. The molecule has 0 radical (unpaired) electrons. The molecular formula is C20H21N7OS2. The summed E-state index contributed by atoms with van der Waals surface area (Å²) in [7, 11) is 0. The zero-order valence-electron chi connectivity index (χ0n) is 16.6. The van der Waals surface area contributed by atoms with Gasteiger partial charge >= 0.3 is 0 Å². The van der Waals surface area contributed by atoms with Crippen molar-refractivity contribution in [3.05, 3.63) is 59.2 Å². The number of nitrogens with two attached hydrogens (primary N) is 1. The minimum atomic E-state index is -0.0807. The number of hydrogen-bond acceptors (Lipinski definition) is 7. The van der Waals surface area contributed by atoms with Crippen LogP contribution in [0.15, 0.2) is 53.0 Å². The molecule has 10 heteroatoms. The van der Waals surface area contributed by atoms with E-state index in [1.54, 1.807) is 11.3 Å². The third-order valence-electron chi connectivity index (χ3n) is 4.52. The van der Waals surface area contributed by atoms with Crippen molar-refractivity contribution in [1.82, 2.24) is 24.7 Å². The Morgan fingerprint density at radius 3 is 2.70 bits per heavy atom. The van der Waals surface area contributed by atoms with Gasteiger partial charge in [0, 0.05) is 12.2 Å². The maximum atomic E-state index is 12.5. The Morgan fingerprint density at radius 1 is 1.17 bits per heavy atom. The van der Waals surface area contributed by atoms with E-state index in [0.29, 0.717) is 23.2 Å². The van der Waals surface area contributed by atoms with Gasteiger partial charge in [-0.2, -0.15) is 5.10 Å². The molecule has 0 saturated carbocycles. The monoisotopic (exact) mass is 439 g/mol. The number of aromatic nitrogens is 5. The zero-order chi connectivity index (χ0) is 21.1. The summed E-state index contributed by atoms with van der Waals surface area (Å²) in [6.45, 7) is 3.83. The average Bonchev–Trinajstić information content (AvgIpc) is 3.46. The molecule has 3 aromatic heterocycles. The summed E-state index contributed by atoms with van der Waals surface area (Å²) in [4.78, 5) is 13.5. The van der Waals surface area contributed by atoms with Crippen LogP contribution >= 0.6 is 23.1 Å². The minimum absolute atomic E-state index is 0.0807. The summed E-state index contributed by atoms with van der Waals surface area (Å²) in [6.07, 6.45) is 0.321. The van der Waals surface area contributed by atoms with Crippen LogP contribution in [-0.4, -0.2) is 36.3 Å². The summed E-state index contributed by atoms with van der Waals surface area (Å²) in [5, 5.41) is 18.4. The van der Waals surface area contributed by atoms with Gasteiger partial charge in [-0.3, -0.25) is 4.79 Å². The first-order valence-corrected chi connectivity index (χ1v) is 11.2. The Balaban J connectivity index is 1.37. The van der Waals surface area contributed by atoms with Gasteiger partial charge in [-0.1, -0.05) is 36.0 Å². The van der Waals surface area contributed by atoms with Crippen molar-refractivity contribution in [2.45, 2.75) is 25.4 Å². The largest absolute Gasteiger partial charge is 0.335 e. The number of hydrogen-bond donors (Lipinski definition) is 2. The lowest BCUT2D eigenvalue weighted by molar-refractivity contribution is -0.115. The number of carbonyl (C=O) groups is 1. The number of carbonyl (C=O) groups excluding carboxylic acids is 1. The van der Waals surface area contributed by atoms with Gasteiger partial charge in [-0.15, -0.1) is 21.5 Å². The zero-order valence-corrected chi connectivity index (χ0v) is 18.2. The molecule has 4 rings (SSSR count). The van der Waals surface area contributed by atoms with E-state index in [1.807, 2.05) is 66.4 Å². The Bertz CT molecular complexity index is 1150. The molecule has 3 N–H and O–H groups in total. The van der Waals surface area contributed by atoms with E-state index in [0.717, 1.165) is 27.6 Å². The SMILES string of the molecule is Cc1nn(-c2ccccc2)c(C)c1NC(=O)CCSc1nnc(-c2cccs2)n1N. The molecule has 0 aliphatic rings. The summed E-state index contributed by atoms with van der Waals surface area (Å²) >= 11 is 2.95. The Labute approximate surface area is 182 Å². The summed E-state index contributed by atoms with van der Waals surface area (Å²) in [5.41, 5.74) is 3.37. The number of nitrogens with zero attached hydrogens (tertiary/aromatic N) is 5. The molecule has 0 spiro atoms. The van der Waals surface area contributed by atoms with Gasteiger partial charge in [0.2, 0.25) is 11.1 Å². The molecule has 4 aromatic rings. The molecule has 0 unspecified atom stereocenters. The van der Waals surface area contributed by atoms with Crippen molar-refractivity contribution in [2.75, 3.05) is 16.9 Å². The topological polar surface area (TPSA) is 104 Å². The van der Waals surface area contributed by atoms with E-state index >= 15 is 0 Å². The summed E-state index contributed by atoms with van der Waals surface area (Å²) < 4.78 is 3.30. The fourth-order valence-electron chi connectivity index (χ4n) is 3.03. The van der Waals surface area contributed by atoms with Crippen LogP contribution in [-0.2, 0) is 4.79 Å². The maximum absolute atomic E-state index is 12.5. The predicted molar refractivity (Wildman–Crippen MR) is 120 cm³/mol. The minimum Gasteiger partial charge on any atom is -0.335 e. The summed E-state index contributed by atoms with van der Waals surface area (Å²) in [5.74, 6) is 7.18. The highest BCUT2D eigenvalue weighted by molar-refractivity contribution is 7.99. The lowest BCUT2D eigenvalue weighted by Gasteiger charge is -2.07. The van der Waals surface area contributed by atoms with Crippen molar-refractivity contribution >= 4 is 34.7 Å². The van der Waals surface area contributed by atoms with E-state index in [-0.39, 0.29) is 5.91 Å². The number of thioether (sulfide) groups is 1. The standard InChI is InChI=1S/C20H21N7OS2/c1-13-18(14(2)27(25-13)15-7-4-3-5-8-15)22-17(28)10-12-30-20-24-23-19(26(20)21)16-9-6-11-29-16/h3-9,11H,10,12,21H2,1-2H3,(H,22,28). The highest BCUT2D eigenvalue weighted by atomic mass is 32.2. The molecule has 1 amide bonds. The Morgan fingerprint density at radius 2 is 1.97 bits per heavy atom. The molecule has 30 heavy (non-hydrogen) atoms. The van der Waals surface area contributed by atoms with Crippen LogP contribution in [0, 0.1) is 13.8 Å². The average molecular weight is 440 g/mol. The molecule has 8 nitrogen and oxygen atoms in total. The fraction of sp³-hybridized carbons (Fsp3) is 0.200. The highest BCUT2D eigenvalue weighted by Gasteiger charge is 2.16. The number of rotatable bonds is 7. The second kappa shape index (κ2) is 8.72. The number of nitrogen functional groups attached to an aromatic ring is 1. The van der Waals surface area contributed by atoms with E-state index in [4.69, 9.17) is 5.84 Å². The van der Waals surface area contributed by atoms with Crippen LogP contribution in [0.4, 0.5) is 5.69 Å². The van der Waals surface area contributed by atoms with Gasteiger partial charge in [0.1, 0.15) is 0 Å². The van der Waals surface area contributed by atoms with Crippen LogP contribution < -0.4 is 11.2 Å². The number of aryl methyl sites for hydroxylation is 1. The first kappa shape index (κ1) is 20.2. The fourth-order valence-corrected chi connectivity index (χ4v) is 4.53. The third kappa shape index (κ3) is 4.10. The quantitative estimate of drug-likeness (QED) is 0.337. The van der Waals surface area contributed by atoms with Crippen LogP contribution in [0.5, 0.6) is 0 Å². The number of benzene rings is 1. The van der Waals surface area contributed by atoms with Crippen LogP contribution in [0.2, 0.25) is 0 Å². The van der Waals surface area contributed by atoms with Crippen LogP contribution in [0.1, 0.15) is 17.8 Å². The molecule has 0 aliphatic carbocycles.